The summed E-state index contributed by atoms with van der Waals surface area (Å²) in [4.78, 5) is 14.5. The molecule has 1 aromatic heterocycles. The fourth-order valence-corrected chi connectivity index (χ4v) is 3.00. The number of carbonyl (C=O) groups excluding carboxylic acids is 1. The van der Waals surface area contributed by atoms with Gasteiger partial charge in [-0.2, -0.15) is 5.10 Å². The van der Waals surface area contributed by atoms with Crippen molar-refractivity contribution in [1.29, 1.82) is 0 Å². The predicted molar refractivity (Wildman–Crippen MR) is 79.5 cm³/mol. The number of aromatic nitrogens is 2. The first-order chi connectivity index (χ1) is 9.66. The quantitative estimate of drug-likeness (QED) is 0.825. The van der Waals surface area contributed by atoms with Gasteiger partial charge in [0.05, 0.1) is 5.52 Å². The van der Waals surface area contributed by atoms with E-state index >= 15 is 0 Å². The first-order valence-electron chi connectivity index (χ1n) is 7.17. The van der Waals surface area contributed by atoms with Gasteiger partial charge in [-0.25, -0.2) is 0 Å². The maximum Gasteiger partial charge on any atom is 0.274 e. The Morgan fingerprint density at radius 1 is 1.35 bits per heavy atom. The Balaban J connectivity index is 1.89. The maximum absolute atomic E-state index is 12.6. The summed E-state index contributed by atoms with van der Waals surface area (Å²) in [6, 6.07) is 5.80. The van der Waals surface area contributed by atoms with Crippen molar-refractivity contribution in [2.45, 2.75) is 38.1 Å². The number of hydrogen-bond donors (Lipinski definition) is 2. The Labute approximate surface area is 118 Å². The van der Waals surface area contributed by atoms with Crippen molar-refractivity contribution in [2.75, 3.05) is 12.8 Å². The highest BCUT2D eigenvalue weighted by Gasteiger charge is 2.25. The molecule has 1 aliphatic rings. The number of nitrogens with zero attached hydrogens (tertiary/aromatic N) is 2. The lowest BCUT2D eigenvalue weighted by Crippen LogP contribution is -2.38. The summed E-state index contributed by atoms with van der Waals surface area (Å²) in [7, 11) is 1.88. The number of rotatable bonds is 2. The molecule has 106 valence electrons. The highest BCUT2D eigenvalue weighted by molar-refractivity contribution is 6.05. The van der Waals surface area contributed by atoms with Gasteiger partial charge in [-0.1, -0.05) is 19.3 Å². The average Bonchev–Trinajstić information content (AvgIpc) is 2.89. The lowest BCUT2D eigenvalue weighted by molar-refractivity contribution is 0.0692. The van der Waals surface area contributed by atoms with E-state index in [1.165, 1.54) is 19.3 Å². The Morgan fingerprint density at radius 3 is 2.85 bits per heavy atom. The van der Waals surface area contributed by atoms with Gasteiger partial charge in [0.1, 0.15) is 0 Å². The molecule has 1 fully saturated rings. The van der Waals surface area contributed by atoms with Crippen LogP contribution in [0.25, 0.3) is 10.9 Å². The number of H-pyrrole nitrogens is 1. The molecule has 1 aromatic carbocycles. The molecule has 2 aromatic rings. The summed E-state index contributed by atoms with van der Waals surface area (Å²) < 4.78 is 0. The molecule has 0 radical (unpaired) electrons. The Morgan fingerprint density at radius 2 is 2.10 bits per heavy atom. The van der Waals surface area contributed by atoms with Crippen LogP contribution in [0.1, 0.15) is 42.6 Å². The van der Waals surface area contributed by atoms with Gasteiger partial charge in [-0.15, -0.1) is 0 Å². The van der Waals surface area contributed by atoms with Crippen molar-refractivity contribution < 1.29 is 4.79 Å². The molecule has 0 aliphatic heterocycles. The number of carbonyl (C=O) groups is 1. The molecule has 0 bridgehead atoms. The average molecular weight is 272 g/mol. The number of anilines is 1. The largest absolute Gasteiger partial charge is 0.399 e. The van der Waals surface area contributed by atoms with Crippen LogP contribution in [-0.4, -0.2) is 34.1 Å². The van der Waals surface area contributed by atoms with Gasteiger partial charge in [0, 0.05) is 24.2 Å². The van der Waals surface area contributed by atoms with E-state index in [0.29, 0.717) is 17.4 Å². The molecule has 1 aliphatic carbocycles. The van der Waals surface area contributed by atoms with Gasteiger partial charge in [0.25, 0.3) is 5.91 Å². The molecule has 0 saturated heterocycles. The number of nitrogens with one attached hydrogen (secondary N) is 1. The highest BCUT2D eigenvalue weighted by atomic mass is 16.2. The second-order valence-corrected chi connectivity index (χ2v) is 5.59. The summed E-state index contributed by atoms with van der Waals surface area (Å²) in [5, 5.41) is 7.88. The summed E-state index contributed by atoms with van der Waals surface area (Å²) in [6.45, 7) is 0. The predicted octanol–water partition coefficient (Wildman–Crippen LogP) is 2.55. The smallest absolute Gasteiger partial charge is 0.274 e. The second kappa shape index (κ2) is 5.15. The van der Waals surface area contributed by atoms with Gasteiger partial charge < -0.3 is 10.6 Å². The van der Waals surface area contributed by atoms with E-state index in [1.807, 2.05) is 18.0 Å². The number of fused-ring (bicyclic) bond motifs is 1. The fraction of sp³-hybridized carbons (Fsp3) is 0.467. The maximum atomic E-state index is 12.6. The van der Waals surface area contributed by atoms with E-state index in [0.717, 1.165) is 23.7 Å². The molecule has 0 unspecified atom stereocenters. The van der Waals surface area contributed by atoms with Gasteiger partial charge in [0.15, 0.2) is 5.69 Å². The molecule has 1 saturated carbocycles. The van der Waals surface area contributed by atoms with Crippen LogP contribution >= 0.6 is 0 Å². The van der Waals surface area contributed by atoms with Crippen LogP contribution in [0.15, 0.2) is 18.2 Å². The molecule has 5 nitrogen and oxygen atoms in total. The number of nitrogens with two attached hydrogens (primary N) is 1. The first kappa shape index (κ1) is 13.0. The molecule has 3 rings (SSSR count). The van der Waals surface area contributed by atoms with Gasteiger partial charge >= 0.3 is 0 Å². The zero-order chi connectivity index (χ0) is 14.1. The van der Waals surface area contributed by atoms with Crippen molar-refractivity contribution >= 4 is 22.5 Å². The van der Waals surface area contributed by atoms with Crippen molar-refractivity contribution in [3.8, 4) is 0 Å². The molecule has 0 spiro atoms. The van der Waals surface area contributed by atoms with Crippen molar-refractivity contribution in [1.82, 2.24) is 15.1 Å². The van der Waals surface area contributed by atoms with E-state index in [4.69, 9.17) is 5.73 Å². The minimum absolute atomic E-state index is 0.0197. The minimum Gasteiger partial charge on any atom is -0.399 e. The Bertz CT molecular complexity index is 628. The number of benzene rings is 1. The SMILES string of the molecule is CN(C(=O)c1n[nH]c2ccc(N)cc12)C1CCCCC1. The van der Waals surface area contributed by atoms with Crippen LogP contribution in [0.4, 0.5) is 5.69 Å². The third-order valence-electron chi connectivity index (χ3n) is 4.23. The molecule has 3 N–H and O–H groups in total. The number of aromatic amines is 1. The number of amides is 1. The summed E-state index contributed by atoms with van der Waals surface area (Å²) >= 11 is 0. The number of hydrogen-bond acceptors (Lipinski definition) is 3. The van der Waals surface area contributed by atoms with Crippen molar-refractivity contribution in [3.63, 3.8) is 0 Å². The summed E-state index contributed by atoms with van der Waals surface area (Å²) in [6.07, 6.45) is 5.87. The third-order valence-corrected chi connectivity index (χ3v) is 4.23. The monoisotopic (exact) mass is 272 g/mol. The lowest BCUT2D eigenvalue weighted by Gasteiger charge is -2.30. The van der Waals surface area contributed by atoms with Crippen LogP contribution < -0.4 is 5.73 Å². The van der Waals surface area contributed by atoms with E-state index in [2.05, 4.69) is 10.2 Å². The highest BCUT2D eigenvalue weighted by Crippen LogP contribution is 2.25. The van der Waals surface area contributed by atoms with Crippen LogP contribution in [0.3, 0.4) is 0 Å². The first-order valence-corrected chi connectivity index (χ1v) is 7.17. The van der Waals surface area contributed by atoms with E-state index in [1.54, 1.807) is 12.1 Å². The van der Waals surface area contributed by atoms with Crippen molar-refractivity contribution in [2.24, 2.45) is 0 Å². The van der Waals surface area contributed by atoms with Gasteiger partial charge in [-0.05, 0) is 31.0 Å². The summed E-state index contributed by atoms with van der Waals surface area (Å²) in [5.41, 5.74) is 7.77. The Hall–Kier alpha value is -2.04. The molecule has 0 atom stereocenters. The molecular formula is C15H20N4O. The minimum atomic E-state index is -0.0197. The Kier molecular flexibility index (Phi) is 3.34. The van der Waals surface area contributed by atoms with E-state index in [-0.39, 0.29) is 5.91 Å². The van der Waals surface area contributed by atoms with Crippen molar-refractivity contribution in [3.05, 3.63) is 23.9 Å². The second-order valence-electron chi connectivity index (χ2n) is 5.59. The standard InChI is InChI=1S/C15H20N4O/c1-19(11-5-3-2-4-6-11)15(20)14-12-9-10(16)7-8-13(12)17-18-14/h7-9,11H,2-6,16H2,1H3,(H,17,18). The lowest BCUT2D eigenvalue weighted by atomic mass is 9.94. The van der Waals surface area contributed by atoms with Gasteiger partial charge in [-0.3, -0.25) is 9.89 Å². The molecule has 1 amide bonds. The fourth-order valence-electron chi connectivity index (χ4n) is 3.00. The van der Waals surface area contributed by atoms with Crippen LogP contribution in [0.2, 0.25) is 0 Å². The van der Waals surface area contributed by atoms with E-state index < -0.39 is 0 Å². The molecule has 5 heteroatoms. The summed E-state index contributed by atoms with van der Waals surface area (Å²) in [5.74, 6) is -0.0197. The number of nitrogen functional groups attached to an aromatic ring is 1. The zero-order valence-electron chi connectivity index (χ0n) is 11.7. The third kappa shape index (κ3) is 2.24. The van der Waals surface area contributed by atoms with Crippen LogP contribution in [0, 0.1) is 0 Å². The zero-order valence-corrected chi connectivity index (χ0v) is 11.7. The van der Waals surface area contributed by atoms with E-state index in [9.17, 15) is 4.79 Å². The normalized spacial score (nSPS) is 16.4. The van der Waals surface area contributed by atoms with Gasteiger partial charge in [0.2, 0.25) is 0 Å². The molecular weight excluding hydrogens is 252 g/mol. The van der Waals surface area contributed by atoms with Crippen LogP contribution in [-0.2, 0) is 0 Å². The topological polar surface area (TPSA) is 75.0 Å². The molecule has 20 heavy (non-hydrogen) atoms. The molecule has 1 heterocycles. The van der Waals surface area contributed by atoms with Crippen LogP contribution in [0.5, 0.6) is 0 Å².